The van der Waals surface area contributed by atoms with Crippen LogP contribution in [0.2, 0.25) is 0 Å². The third-order valence-corrected chi connectivity index (χ3v) is 4.54. The van der Waals surface area contributed by atoms with Crippen molar-refractivity contribution in [1.82, 2.24) is 0 Å². The lowest BCUT2D eigenvalue weighted by Gasteiger charge is -2.38. The number of anilines is 1. The standard InChI is InChI=1S/C19H17BrN2/c1-14-11-18(13-21)22(17-5-3-2-4-6-17)19(12-14)15-7-9-16(20)10-8-15/h2-11,14,19H,12H2,1H3/t14-,19+/m0/s1. The molecular formula is C19H17BrN2. The lowest BCUT2D eigenvalue weighted by Crippen LogP contribution is -2.32. The molecule has 110 valence electrons. The van der Waals surface area contributed by atoms with Crippen LogP contribution in [0.15, 0.2) is 70.8 Å². The zero-order valence-corrected chi connectivity index (χ0v) is 14.0. The van der Waals surface area contributed by atoms with Crippen LogP contribution >= 0.6 is 15.9 Å². The Hall–Kier alpha value is -2.05. The monoisotopic (exact) mass is 352 g/mol. The third-order valence-electron chi connectivity index (χ3n) is 4.01. The van der Waals surface area contributed by atoms with Crippen molar-refractivity contribution in [3.63, 3.8) is 0 Å². The van der Waals surface area contributed by atoms with E-state index in [4.69, 9.17) is 0 Å². The van der Waals surface area contributed by atoms with E-state index >= 15 is 0 Å². The number of para-hydroxylation sites is 1. The van der Waals surface area contributed by atoms with Crippen molar-refractivity contribution >= 4 is 21.6 Å². The number of nitriles is 1. The Morgan fingerprint density at radius 2 is 1.77 bits per heavy atom. The van der Waals surface area contributed by atoms with Gasteiger partial charge in [-0.25, -0.2) is 0 Å². The summed E-state index contributed by atoms with van der Waals surface area (Å²) in [5.41, 5.74) is 3.03. The molecule has 0 fully saturated rings. The van der Waals surface area contributed by atoms with E-state index in [2.05, 4.69) is 76.3 Å². The fourth-order valence-electron chi connectivity index (χ4n) is 3.01. The Morgan fingerprint density at radius 1 is 1.09 bits per heavy atom. The van der Waals surface area contributed by atoms with Crippen molar-refractivity contribution in [2.24, 2.45) is 5.92 Å². The summed E-state index contributed by atoms with van der Waals surface area (Å²) in [5.74, 6) is 0.392. The Labute approximate surface area is 139 Å². The Bertz CT molecular complexity index is 713. The average Bonchev–Trinajstić information content (AvgIpc) is 2.55. The molecule has 0 unspecified atom stereocenters. The highest BCUT2D eigenvalue weighted by Crippen LogP contribution is 2.39. The molecule has 3 heteroatoms. The normalized spacial score (nSPS) is 21.1. The van der Waals surface area contributed by atoms with Gasteiger partial charge < -0.3 is 4.90 Å². The molecule has 2 aromatic carbocycles. The second-order valence-electron chi connectivity index (χ2n) is 5.65. The number of nitrogens with zero attached hydrogens (tertiary/aromatic N) is 2. The van der Waals surface area contributed by atoms with Crippen molar-refractivity contribution in [2.45, 2.75) is 19.4 Å². The Balaban J connectivity index is 2.08. The van der Waals surface area contributed by atoms with Crippen LogP contribution < -0.4 is 4.90 Å². The summed E-state index contributed by atoms with van der Waals surface area (Å²) >= 11 is 3.49. The first-order valence-electron chi connectivity index (χ1n) is 7.40. The quantitative estimate of drug-likeness (QED) is 0.718. The molecular weight excluding hydrogens is 336 g/mol. The molecule has 0 amide bonds. The van der Waals surface area contributed by atoms with Crippen LogP contribution in [0.4, 0.5) is 5.69 Å². The second kappa shape index (κ2) is 6.37. The maximum absolute atomic E-state index is 9.58. The molecule has 0 aliphatic carbocycles. The number of hydrogen-bond acceptors (Lipinski definition) is 2. The third kappa shape index (κ3) is 2.93. The molecule has 0 spiro atoms. The summed E-state index contributed by atoms with van der Waals surface area (Å²) in [6.45, 7) is 2.17. The fraction of sp³-hybridized carbons (Fsp3) is 0.211. The van der Waals surface area contributed by atoms with Crippen LogP contribution in [-0.4, -0.2) is 0 Å². The number of halogens is 1. The summed E-state index contributed by atoms with van der Waals surface area (Å²) in [6, 6.07) is 21.1. The van der Waals surface area contributed by atoms with Crippen molar-refractivity contribution in [3.05, 3.63) is 76.4 Å². The molecule has 1 heterocycles. The highest BCUT2D eigenvalue weighted by Gasteiger charge is 2.29. The number of rotatable bonds is 2. The van der Waals surface area contributed by atoms with Gasteiger partial charge in [0.2, 0.25) is 0 Å². The second-order valence-corrected chi connectivity index (χ2v) is 6.57. The molecule has 0 bridgehead atoms. The molecule has 0 radical (unpaired) electrons. The minimum absolute atomic E-state index is 0.185. The molecule has 0 saturated heterocycles. The summed E-state index contributed by atoms with van der Waals surface area (Å²) in [7, 11) is 0. The summed E-state index contributed by atoms with van der Waals surface area (Å²) < 4.78 is 1.07. The van der Waals surface area contributed by atoms with Crippen LogP contribution in [-0.2, 0) is 0 Å². The van der Waals surface area contributed by atoms with Crippen molar-refractivity contribution in [3.8, 4) is 6.07 Å². The van der Waals surface area contributed by atoms with Crippen molar-refractivity contribution < 1.29 is 0 Å². The lowest BCUT2D eigenvalue weighted by atomic mass is 9.89. The first-order valence-corrected chi connectivity index (χ1v) is 8.20. The highest BCUT2D eigenvalue weighted by molar-refractivity contribution is 9.10. The van der Waals surface area contributed by atoms with Crippen LogP contribution in [0.25, 0.3) is 0 Å². The van der Waals surface area contributed by atoms with E-state index in [0.717, 1.165) is 22.3 Å². The van der Waals surface area contributed by atoms with Crippen LogP contribution in [0.3, 0.4) is 0 Å². The van der Waals surface area contributed by atoms with Gasteiger partial charge in [0.1, 0.15) is 11.8 Å². The SMILES string of the molecule is C[C@H]1C=C(C#N)N(c2ccccc2)[C@@H](c2ccc(Br)cc2)C1. The van der Waals surface area contributed by atoms with E-state index in [0.29, 0.717) is 5.92 Å². The van der Waals surface area contributed by atoms with Crippen molar-refractivity contribution in [2.75, 3.05) is 4.90 Å². The van der Waals surface area contributed by atoms with E-state index in [9.17, 15) is 5.26 Å². The van der Waals surface area contributed by atoms with Gasteiger partial charge in [-0.3, -0.25) is 0 Å². The molecule has 1 aliphatic heterocycles. The molecule has 3 rings (SSSR count). The summed E-state index contributed by atoms with van der Waals surface area (Å²) in [4.78, 5) is 2.16. The zero-order chi connectivity index (χ0) is 15.5. The van der Waals surface area contributed by atoms with Gasteiger partial charge in [0.15, 0.2) is 0 Å². The van der Waals surface area contributed by atoms with Crippen LogP contribution in [0.5, 0.6) is 0 Å². The molecule has 0 N–H and O–H groups in total. The molecule has 2 aromatic rings. The molecule has 0 saturated carbocycles. The fourth-order valence-corrected chi connectivity index (χ4v) is 3.28. The lowest BCUT2D eigenvalue weighted by molar-refractivity contribution is 0.505. The van der Waals surface area contributed by atoms with Gasteiger partial charge in [-0.05, 0) is 48.2 Å². The number of allylic oxidation sites excluding steroid dienone is 2. The number of benzene rings is 2. The van der Waals surface area contributed by atoms with E-state index in [-0.39, 0.29) is 6.04 Å². The first kappa shape index (κ1) is 14.9. The maximum Gasteiger partial charge on any atom is 0.117 e. The molecule has 22 heavy (non-hydrogen) atoms. The number of hydrogen-bond donors (Lipinski definition) is 0. The Kier molecular flexibility index (Phi) is 4.31. The van der Waals surface area contributed by atoms with E-state index in [1.807, 2.05) is 18.2 Å². The van der Waals surface area contributed by atoms with Crippen LogP contribution in [0, 0.1) is 17.2 Å². The molecule has 2 atom stereocenters. The predicted octanol–water partition coefficient (Wildman–Crippen LogP) is 5.44. The Morgan fingerprint density at radius 3 is 2.41 bits per heavy atom. The smallest absolute Gasteiger partial charge is 0.117 e. The maximum atomic E-state index is 9.58. The molecule has 0 aromatic heterocycles. The van der Waals surface area contributed by atoms with Crippen molar-refractivity contribution in [1.29, 1.82) is 5.26 Å². The van der Waals surface area contributed by atoms with Gasteiger partial charge in [0.05, 0.1) is 6.04 Å². The van der Waals surface area contributed by atoms with Gasteiger partial charge in [-0.1, -0.05) is 53.2 Å². The van der Waals surface area contributed by atoms with E-state index in [1.165, 1.54) is 5.56 Å². The minimum Gasteiger partial charge on any atom is -0.326 e. The van der Waals surface area contributed by atoms with E-state index < -0.39 is 0 Å². The summed E-state index contributed by atoms with van der Waals surface area (Å²) in [6.07, 6.45) is 3.07. The zero-order valence-electron chi connectivity index (χ0n) is 12.4. The average molecular weight is 353 g/mol. The van der Waals surface area contributed by atoms with Gasteiger partial charge in [0, 0.05) is 10.2 Å². The topological polar surface area (TPSA) is 27.0 Å². The van der Waals surface area contributed by atoms with Gasteiger partial charge in [-0.2, -0.15) is 5.26 Å². The first-order chi connectivity index (χ1) is 10.7. The summed E-state index contributed by atoms with van der Waals surface area (Å²) in [5, 5.41) is 9.58. The van der Waals surface area contributed by atoms with Gasteiger partial charge in [-0.15, -0.1) is 0 Å². The highest BCUT2D eigenvalue weighted by atomic mass is 79.9. The van der Waals surface area contributed by atoms with Gasteiger partial charge >= 0.3 is 0 Å². The largest absolute Gasteiger partial charge is 0.326 e. The predicted molar refractivity (Wildman–Crippen MR) is 93.3 cm³/mol. The minimum atomic E-state index is 0.185. The van der Waals surface area contributed by atoms with Crippen LogP contribution in [0.1, 0.15) is 24.9 Å². The molecule has 1 aliphatic rings. The molecule has 2 nitrogen and oxygen atoms in total. The van der Waals surface area contributed by atoms with Gasteiger partial charge in [0.25, 0.3) is 0 Å². The van der Waals surface area contributed by atoms with E-state index in [1.54, 1.807) is 0 Å².